The Balaban J connectivity index is 1.61. The van der Waals surface area contributed by atoms with Crippen LogP contribution >= 0.6 is 0 Å². The molecule has 2 N–H and O–H groups in total. The van der Waals surface area contributed by atoms with E-state index in [9.17, 15) is 4.79 Å². The lowest BCUT2D eigenvalue weighted by Gasteiger charge is -2.20. The summed E-state index contributed by atoms with van der Waals surface area (Å²) in [4.78, 5) is 11.4. The topological polar surface area (TPSA) is 63.5 Å². The summed E-state index contributed by atoms with van der Waals surface area (Å²) < 4.78 is 11.4. The van der Waals surface area contributed by atoms with Crippen LogP contribution in [0.25, 0.3) is 11.3 Å². The molecule has 1 fully saturated rings. The number of ether oxygens (including phenoxy) is 1. The zero-order valence-electron chi connectivity index (χ0n) is 12.2. The van der Waals surface area contributed by atoms with Crippen molar-refractivity contribution in [2.75, 3.05) is 25.0 Å². The van der Waals surface area contributed by atoms with Gasteiger partial charge in [-0.05, 0) is 56.3 Å². The first-order valence-corrected chi connectivity index (χ1v) is 7.67. The minimum Gasteiger partial charge on any atom is -0.482 e. The molecule has 0 saturated carbocycles. The van der Waals surface area contributed by atoms with E-state index in [2.05, 4.69) is 16.7 Å². The van der Waals surface area contributed by atoms with Crippen molar-refractivity contribution in [2.24, 2.45) is 0 Å². The normalized spacial score (nSPS) is 18.5. The number of piperidine rings is 1. The molecular weight excluding hydrogens is 280 g/mol. The van der Waals surface area contributed by atoms with Crippen molar-refractivity contribution in [2.45, 2.75) is 18.8 Å². The number of furan rings is 1. The third-order valence-electron chi connectivity index (χ3n) is 4.27. The third-order valence-corrected chi connectivity index (χ3v) is 4.27. The first-order chi connectivity index (χ1) is 10.8. The van der Waals surface area contributed by atoms with Gasteiger partial charge in [-0.15, -0.1) is 0 Å². The van der Waals surface area contributed by atoms with Crippen molar-refractivity contribution in [3.8, 4) is 17.1 Å². The van der Waals surface area contributed by atoms with Crippen LogP contribution in [0.2, 0.25) is 0 Å². The maximum atomic E-state index is 11.4. The van der Waals surface area contributed by atoms with Crippen LogP contribution in [0.15, 0.2) is 34.7 Å². The van der Waals surface area contributed by atoms with Gasteiger partial charge in [0, 0.05) is 11.5 Å². The number of hydrogen-bond acceptors (Lipinski definition) is 4. The molecule has 3 heterocycles. The maximum Gasteiger partial charge on any atom is 0.262 e. The second-order valence-electron chi connectivity index (χ2n) is 5.77. The van der Waals surface area contributed by atoms with Crippen molar-refractivity contribution in [1.82, 2.24) is 5.32 Å². The van der Waals surface area contributed by atoms with Crippen LogP contribution in [0.4, 0.5) is 5.69 Å². The molecule has 0 bridgehead atoms. The van der Waals surface area contributed by atoms with Gasteiger partial charge in [0.15, 0.2) is 6.61 Å². The van der Waals surface area contributed by atoms with Crippen LogP contribution in [0, 0.1) is 0 Å². The van der Waals surface area contributed by atoms with Gasteiger partial charge in [-0.25, -0.2) is 0 Å². The largest absolute Gasteiger partial charge is 0.482 e. The lowest BCUT2D eigenvalue weighted by Crippen LogP contribution is -2.26. The molecule has 1 amide bonds. The number of anilines is 1. The van der Waals surface area contributed by atoms with Crippen LogP contribution < -0.4 is 15.4 Å². The Kier molecular flexibility index (Phi) is 3.35. The van der Waals surface area contributed by atoms with E-state index in [-0.39, 0.29) is 12.5 Å². The fourth-order valence-electron chi connectivity index (χ4n) is 3.07. The van der Waals surface area contributed by atoms with Crippen molar-refractivity contribution in [3.05, 3.63) is 36.1 Å². The summed E-state index contributed by atoms with van der Waals surface area (Å²) in [6.07, 6.45) is 2.22. The number of rotatable bonds is 2. The molecule has 0 atom stereocenters. The first-order valence-electron chi connectivity index (χ1n) is 7.67. The van der Waals surface area contributed by atoms with Gasteiger partial charge in [0.1, 0.15) is 17.3 Å². The molecule has 1 aromatic heterocycles. The standard InChI is InChI=1S/C17H18N2O3/c20-17-10-21-16-2-1-12(9-13(16)19-17)15-4-3-14(22-15)11-5-7-18-8-6-11/h1-4,9,11,18H,5-8,10H2,(H,19,20). The predicted octanol–water partition coefficient (Wildman–Crippen LogP) is 2.74. The van der Waals surface area contributed by atoms with Gasteiger partial charge < -0.3 is 19.8 Å². The molecular formula is C17H18N2O3. The van der Waals surface area contributed by atoms with Gasteiger partial charge in [0.05, 0.1) is 5.69 Å². The minimum atomic E-state index is -0.125. The van der Waals surface area contributed by atoms with Gasteiger partial charge in [-0.1, -0.05) is 0 Å². The summed E-state index contributed by atoms with van der Waals surface area (Å²) >= 11 is 0. The highest BCUT2D eigenvalue weighted by atomic mass is 16.5. The van der Waals surface area contributed by atoms with E-state index in [0.29, 0.717) is 17.4 Å². The molecule has 1 aromatic carbocycles. The quantitative estimate of drug-likeness (QED) is 0.895. The number of fused-ring (bicyclic) bond motifs is 1. The highest BCUT2D eigenvalue weighted by molar-refractivity contribution is 5.96. The summed E-state index contributed by atoms with van der Waals surface area (Å²) in [6.45, 7) is 2.17. The lowest BCUT2D eigenvalue weighted by molar-refractivity contribution is -0.118. The van der Waals surface area contributed by atoms with Crippen LogP contribution in [-0.2, 0) is 4.79 Å². The summed E-state index contributed by atoms with van der Waals surface area (Å²) in [5.74, 6) is 2.95. The molecule has 0 spiro atoms. The molecule has 2 aliphatic rings. The van der Waals surface area contributed by atoms with Gasteiger partial charge in [0.2, 0.25) is 0 Å². The van der Waals surface area contributed by atoms with Crippen LogP contribution in [-0.4, -0.2) is 25.6 Å². The molecule has 114 valence electrons. The number of amides is 1. The summed E-state index contributed by atoms with van der Waals surface area (Å²) in [5, 5.41) is 6.19. The Labute approximate surface area is 128 Å². The summed E-state index contributed by atoms with van der Waals surface area (Å²) in [6, 6.07) is 9.81. The molecule has 22 heavy (non-hydrogen) atoms. The number of nitrogens with one attached hydrogen (secondary N) is 2. The molecule has 0 aliphatic carbocycles. The Morgan fingerprint density at radius 1 is 1.09 bits per heavy atom. The monoisotopic (exact) mass is 298 g/mol. The first kappa shape index (κ1) is 13.4. The Hall–Kier alpha value is -2.27. The summed E-state index contributed by atoms with van der Waals surface area (Å²) in [7, 11) is 0. The van der Waals surface area contributed by atoms with Gasteiger partial charge in [-0.2, -0.15) is 0 Å². The fraction of sp³-hybridized carbons (Fsp3) is 0.353. The molecule has 0 unspecified atom stereocenters. The Morgan fingerprint density at radius 2 is 1.95 bits per heavy atom. The number of hydrogen-bond donors (Lipinski definition) is 2. The van der Waals surface area contributed by atoms with Crippen molar-refractivity contribution < 1.29 is 13.9 Å². The highest BCUT2D eigenvalue weighted by Gasteiger charge is 2.20. The molecule has 5 nitrogen and oxygen atoms in total. The van der Waals surface area contributed by atoms with E-state index >= 15 is 0 Å². The number of carbonyl (C=O) groups excluding carboxylic acids is 1. The predicted molar refractivity (Wildman–Crippen MR) is 83.1 cm³/mol. The van der Waals surface area contributed by atoms with Gasteiger partial charge in [-0.3, -0.25) is 4.79 Å². The minimum absolute atomic E-state index is 0.0764. The number of carbonyl (C=O) groups is 1. The second kappa shape index (κ2) is 5.50. The van der Waals surface area contributed by atoms with E-state index in [0.717, 1.165) is 43.0 Å². The molecule has 2 aliphatic heterocycles. The second-order valence-corrected chi connectivity index (χ2v) is 5.77. The van der Waals surface area contributed by atoms with Gasteiger partial charge >= 0.3 is 0 Å². The molecule has 4 rings (SSSR count). The van der Waals surface area contributed by atoms with E-state index in [1.807, 2.05) is 24.3 Å². The molecule has 2 aromatic rings. The van der Waals surface area contributed by atoms with Crippen LogP contribution in [0.5, 0.6) is 5.75 Å². The maximum absolute atomic E-state index is 11.4. The van der Waals surface area contributed by atoms with Crippen molar-refractivity contribution >= 4 is 11.6 Å². The Bertz CT molecular complexity index is 702. The van der Waals surface area contributed by atoms with E-state index in [1.54, 1.807) is 0 Å². The van der Waals surface area contributed by atoms with E-state index in [4.69, 9.17) is 9.15 Å². The third kappa shape index (κ3) is 2.48. The summed E-state index contributed by atoms with van der Waals surface area (Å²) in [5.41, 5.74) is 1.65. The molecule has 1 saturated heterocycles. The smallest absolute Gasteiger partial charge is 0.262 e. The highest BCUT2D eigenvalue weighted by Crippen LogP contribution is 2.35. The zero-order valence-corrected chi connectivity index (χ0v) is 12.2. The molecule has 5 heteroatoms. The van der Waals surface area contributed by atoms with E-state index < -0.39 is 0 Å². The van der Waals surface area contributed by atoms with Crippen LogP contribution in [0.3, 0.4) is 0 Å². The zero-order chi connectivity index (χ0) is 14.9. The average Bonchev–Trinajstić information content (AvgIpc) is 3.05. The average molecular weight is 298 g/mol. The van der Waals surface area contributed by atoms with Crippen molar-refractivity contribution in [3.63, 3.8) is 0 Å². The van der Waals surface area contributed by atoms with Crippen LogP contribution in [0.1, 0.15) is 24.5 Å². The SMILES string of the molecule is O=C1COc2ccc(-c3ccc(C4CCNCC4)o3)cc2N1. The fourth-order valence-corrected chi connectivity index (χ4v) is 3.07. The van der Waals surface area contributed by atoms with Crippen molar-refractivity contribution in [1.29, 1.82) is 0 Å². The Morgan fingerprint density at radius 3 is 2.82 bits per heavy atom. The number of benzene rings is 1. The molecule has 0 radical (unpaired) electrons. The van der Waals surface area contributed by atoms with E-state index in [1.165, 1.54) is 0 Å². The van der Waals surface area contributed by atoms with Gasteiger partial charge in [0.25, 0.3) is 5.91 Å². The lowest BCUT2D eigenvalue weighted by atomic mass is 9.96.